The molecular formula is C20H27N3O2S. The second-order valence-corrected chi connectivity index (χ2v) is 7.56. The smallest absolute Gasteiger partial charge is 0.317 e. The maximum Gasteiger partial charge on any atom is 0.317 e. The molecule has 26 heavy (non-hydrogen) atoms. The van der Waals surface area contributed by atoms with E-state index in [4.69, 9.17) is 4.74 Å². The molecule has 1 saturated heterocycles. The Bertz CT molecular complexity index is 680. The molecule has 1 aromatic carbocycles. The van der Waals surface area contributed by atoms with Crippen molar-refractivity contribution in [2.45, 2.75) is 25.9 Å². The van der Waals surface area contributed by atoms with Gasteiger partial charge in [-0.2, -0.15) is 0 Å². The van der Waals surface area contributed by atoms with Gasteiger partial charge in [0.2, 0.25) is 0 Å². The fraction of sp³-hybridized carbons (Fsp3) is 0.450. The molecule has 1 N–H and O–H groups in total. The molecule has 2 amide bonds. The van der Waals surface area contributed by atoms with Crippen LogP contribution in [0.2, 0.25) is 0 Å². The van der Waals surface area contributed by atoms with E-state index < -0.39 is 0 Å². The molecule has 140 valence electrons. The lowest BCUT2D eigenvalue weighted by molar-refractivity contribution is 0.133. The number of methoxy groups -OCH3 is 1. The molecule has 1 atom stereocenters. The van der Waals surface area contributed by atoms with Crippen LogP contribution in [0.1, 0.15) is 29.8 Å². The molecule has 3 rings (SSSR count). The molecule has 1 aliphatic heterocycles. The fourth-order valence-corrected chi connectivity index (χ4v) is 3.98. The highest BCUT2D eigenvalue weighted by molar-refractivity contribution is 7.09. The number of carbonyl (C=O) groups is 1. The molecule has 6 heteroatoms. The van der Waals surface area contributed by atoms with Crippen molar-refractivity contribution in [3.8, 4) is 5.75 Å². The molecular weight excluding hydrogens is 346 g/mol. The van der Waals surface area contributed by atoms with E-state index in [1.807, 2.05) is 29.2 Å². The van der Waals surface area contributed by atoms with Gasteiger partial charge in [-0.1, -0.05) is 25.1 Å². The Hall–Kier alpha value is -2.05. The van der Waals surface area contributed by atoms with E-state index in [0.717, 1.165) is 50.5 Å². The van der Waals surface area contributed by atoms with E-state index in [0.29, 0.717) is 0 Å². The van der Waals surface area contributed by atoms with Crippen LogP contribution in [0.3, 0.4) is 0 Å². The summed E-state index contributed by atoms with van der Waals surface area (Å²) in [6.07, 6.45) is 0.858. The SMILES string of the molecule is CCC(NC(=O)N1CCN(Cc2cccs2)CC1)c1ccc(OC)cc1. The van der Waals surface area contributed by atoms with Crippen LogP contribution in [0, 0.1) is 0 Å². The Morgan fingerprint density at radius 1 is 1.19 bits per heavy atom. The number of carbonyl (C=O) groups excluding carboxylic acids is 1. The van der Waals surface area contributed by atoms with Gasteiger partial charge in [-0.05, 0) is 35.6 Å². The van der Waals surface area contributed by atoms with Gasteiger partial charge < -0.3 is 15.0 Å². The molecule has 1 unspecified atom stereocenters. The van der Waals surface area contributed by atoms with Crippen molar-refractivity contribution in [3.05, 3.63) is 52.2 Å². The highest BCUT2D eigenvalue weighted by Gasteiger charge is 2.23. The van der Waals surface area contributed by atoms with Crippen LogP contribution in [-0.4, -0.2) is 49.1 Å². The van der Waals surface area contributed by atoms with E-state index in [2.05, 4.69) is 34.7 Å². The minimum absolute atomic E-state index is 0.0255. The van der Waals surface area contributed by atoms with E-state index >= 15 is 0 Å². The molecule has 1 aliphatic rings. The van der Waals surface area contributed by atoms with Gasteiger partial charge in [-0.3, -0.25) is 4.90 Å². The molecule has 0 spiro atoms. The number of hydrogen-bond donors (Lipinski definition) is 1. The van der Waals surface area contributed by atoms with Gasteiger partial charge in [0.25, 0.3) is 0 Å². The van der Waals surface area contributed by atoms with Crippen LogP contribution >= 0.6 is 11.3 Å². The Kier molecular flexibility index (Phi) is 6.52. The predicted octanol–water partition coefficient (Wildman–Crippen LogP) is 3.74. The maximum atomic E-state index is 12.7. The van der Waals surface area contributed by atoms with Crippen molar-refractivity contribution in [1.82, 2.24) is 15.1 Å². The first-order chi connectivity index (χ1) is 12.7. The third kappa shape index (κ3) is 4.77. The number of nitrogens with one attached hydrogen (secondary N) is 1. The van der Waals surface area contributed by atoms with Crippen LogP contribution in [0.4, 0.5) is 4.79 Å². The number of nitrogens with zero attached hydrogens (tertiary/aromatic N) is 2. The molecule has 2 aromatic rings. The number of hydrogen-bond acceptors (Lipinski definition) is 4. The zero-order valence-electron chi connectivity index (χ0n) is 15.5. The first-order valence-corrected chi connectivity index (χ1v) is 10.0. The fourth-order valence-electron chi connectivity index (χ4n) is 3.23. The van der Waals surface area contributed by atoms with Crippen LogP contribution in [0.25, 0.3) is 0 Å². The average Bonchev–Trinajstić information content (AvgIpc) is 3.19. The third-order valence-electron chi connectivity index (χ3n) is 4.84. The van der Waals surface area contributed by atoms with Gasteiger partial charge in [-0.25, -0.2) is 4.79 Å². The van der Waals surface area contributed by atoms with Crippen molar-refractivity contribution in [1.29, 1.82) is 0 Å². The number of amides is 2. The lowest BCUT2D eigenvalue weighted by atomic mass is 10.0. The summed E-state index contributed by atoms with van der Waals surface area (Å²) in [6, 6.07) is 12.2. The topological polar surface area (TPSA) is 44.8 Å². The Morgan fingerprint density at radius 2 is 1.92 bits per heavy atom. The summed E-state index contributed by atoms with van der Waals surface area (Å²) in [6.45, 7) is 6.46. The standard InChI is InChI=1S/C20H27N3O2S/c1-3-19(16-6-8-17(25-2)9-7-16)21-20(24)23-12-10-22(11-13-23)15-18-5-4-14-26-18/h4-9,14,19H,3,10-13,15H2,1-2H3,(H,21,24). The first-order valence-electron chi connectivity index (χ1n) is 9.13. The number of benzene rings is 1. The van der Waals surface area contributed by atoms with Crippen LogP contribution in [0.15, 0.2) is 41.8 Å². The molecule has 0 aliphatic carbocycles. The number of ether oxygens (including phenoxy) is 1. The monoisotopic (exact) mass is 373 g/mol. The molecule has 5 nitrogen and oxygen atoms in total. The summed E-state index contributed by atoms with van der Waals surface area (Å²) >= 11 is 1.79. The molecule has 0 bridgehead atoms. The minimum Gasteiger partial charge on any atom is -0.497 e. The second kappa shape index (κ2) is 9.05. The quantitative estimate of drug-likeness (QED) is 0.839. The Labute approximate surface area is 159 Å². The van der Waals surface area contributed by atoms with Crippen LogP contribution < -0.4 is 10.1 Å². The molecule has 2 heterocycles. The summed E-state index contributed by atoms with van der Waals surface area (Å²) < 4.78 is 5.21. The maximum absolute atomic E-state index is 12.7. The number of thiophene rings is 1. The Balaban J connectivity index is 1.50. The summed E-state index contributed by atoms with van der Waals surface area (Å²) in [4.78, 5) is 18.4. The zero-order chi connectivity index (χ0) is 18.4. The highest BCUT2D eigenvalue weighted by Crippen LogP contribution is 2.21. The highest BCUT2D eigenvalue weighted by atomic mass is 32.1. The third-order valence-corrected chi connectivity index (χ3v) is 5.70. The number of rotatable bonds is 6. The minimum atomic E-state index is 0.0255. The van der Waals surface area contributed by atoms with E-state index in [1.54, 1.807) is 18.4 Å². The van der Waals surface area contributed by atoms with Gasteiger partial charge in [0.15, 0.2) is 0 Å². The lowest BCUT2D eigenvalue weighted by Crippen LogP contribution is -2.51. The van der Waals surface area contributed by atoms with E-state index in [-0.39, 0.29) is 12.1 Å². The molecule has 1 fully saturated rings. The van der Waals surface area contributed by atoms with E-state index in [9.17, 15) is 4.79 Å². The van der Waals surface area contributed by atoms with E-state index in [1.165, 1.54) is 4.88 Å². The zero-order valence-corrected chi connectivity index (χ0v) is 16.3. The number of piperazine rings is 1. The summed E-state index contributed by atoms with van der Waals surface area (Å²) in [5.74, 6) is 0.830. The van der Waals surface area contributed by atoms with Crippen molar-refractivity contribution < 1.29 is 9.53 Å². The van der Waals surface area contributed by atoms with Gasteiger partial charge in [0.1, 0.15) is 5.75 Å². The van der Waals surface area contributed by atoms with Gasteiger partial charge in [0.05, 0.1) is 13.2 Å². The molecule has 0 saturated carbocycles. The van der Waals surface area contributed by atoms with Crippen molar-refractivity contribution in [2.75, 3.05) is 33.3 Å². The normalized spacial score (nSPS) is 16.3. The lowest BCUT2D eigenvalue weighted by Gasteiger charge is -2.35. The van der Waals surface area contributed by atoms with Gasteiger partial charge in [0, 0.05) is 37.6 Å². The molecule has 1 aromatic heterocycles. The average molecular weight is 374 g/mol. The van der Waals surface area contributed by atoms with Crippen molar-refractivity contribution in [2.24, 2.45) is 0 Å². The summed E-state index contributed by atoms with van der Waals surface area (Å²) in [5.41, 5.74) is 1.11. The van der Waals surface area contributed by atoms with Crippen LogP contribution in [0.5, 0.6) is 5.75 Å². The number of urea groups is 1. The summed E-state index contributed by atoms with van der Waals surface area (Å²) in [7, 11) is 1.66. The van der Waals surface area contributed by atoms with Gasteiger partial charge in [-0.15, -0.1) is 11.3 Å². The predicted molar refractivity (Wildman–Crippen MR) is 106 cm³/mol. The van der Waals surface area contributed by atoms with Crippen LogP contribution in [-0.2, 0) is 6.54 Å². The summed E-state index contributed by atoms with van der Waals surface area (Å²) in [5, 5.41) is 5.29. The first kappa shape index (κ1) is 18.7. The Morgan fingerprint density at radius 3 is 2.50 bits per heavy atom. The van der Waals surface area contributed by atoms with Gasteiger partial charge >= 0.3 is 6.03 Å². The van der Waals surface area contributed by atoms with Crippen molar-refractivity contribution in [3.63, 3.8) is 0 Å². The molecule has 0 radical (unpaired) electrons. The van der Waals surface area contributed by atoms with Crippen molar-refractivity contribution >= 4 is 17.4 Å². The largest absolute Gasteiger partial charge is 0.497 e. The second-order valence-electron chi connectivity index (χ2n) is 6.53.